The lowest BCUT2D eigenvalue weighted by Crippen LogP contribution is -2.56. The molecule has 0 atom stereocenters. The molecule has 0 aliphatic carbocycles. The molecule has 1 N–H and O–H groups in total. The highest BCUT2D eigenvalue weighted by Crippen LogP contribution is 2.23. The fourth-order valence-electron chi connectivity index (χ4n) is 3.72. The highest BCUT2D eigenvalue weighted by atomic mass is 16.2. The van der Waals surface area contributed by atoms with Crippen molar-refractivity contribution >= 4 is 17.1 Å². The molecule has 0 saturated carbocycles. The van der Waals surface area contributed by atoms with Crippen molar-refractivity contribution in [1.29, 1.82) is 0 Å². The van der Waals surface area contributed by atoms with Gasteiger partial charge in [-0.1, -0.05) is 6.92 Å². The topological polar surface area (TPSA) is 68.4 Å². The quantitative estimate of drug-likeness (QED) is 0.892. The molecular weight excluding hydrogens is 316 g/mol. The Balaban J connectivity index is 1.38. The van der Waals surface area contributed by atoms with E-state index in [1.54, 1.807) is 12.3 Å². The number of H-pyrrole nitrogens is 1. The van der Waals surface area contributed by atoms with Gasteiger partial charge in [0.1, 0.15) is 5.82 Å². The molecule has 0 spiro atoms. The van der Waals surface area contributed by atoms with Crippen LogP contribution in [-0.4, -0.2) is 88.4 Å². The summed E-state index contributed by atoms with van der Waals surface area (Å²) in [5.74, 6) is 1.56. The SMILES string of the molecule is CCc1nc2nccc(C(=O)N3CC(CN4CCN(C)CC4)C3)c2[nH]1. The number of aryl methyl sites for hydroxylation is 1. The lowest BCUT2D eigenvalue weighted by Gasteiger charge is -2.43. The average Bonchev–Trinajstić information content (AvgIpc) is 3.02. The van der Waals surface area contributed by atoms with Gasteiger partial charge in [0.15, 0.2) is 5.65 Å². The molecule has 2 saturated heterocycles. The van der Waals surface area contributed by atoms with E-state index in [4.69, 9.17) is 0 Å². The van der Waals surface area contributed by atoms with Gasteiger partial charge in [0.05, 0.1) is 11.1 Å². The van der Waals surface area contributed by atoms with E-state index in [9.17, 15) is 4.79 Å². The number of hydrogen-bond donors (Lipinski definition) is 1. The zero-order valence-electron chi connectivity index (χ0n) is 15.0. The zero-order valence-corrected chi connectivity index (χ0v) is 15.0. The number of hydrogen-bond acceptors (Lipinski definition) is 5. The second kappa shape index (κ2) is 6.72. The molecule has 4 heterocycles. The van der Waals surface area contributed by atoms with Gasteiger partial charge < -0.3 is 19.7 Å². The number of rotatable bonds is 4. The van der Waals surface area contributed by atoms with E-state index < -0.39 is 0 Å². The monoisotopic (exact) mass is 342 g/mol. The van der Waals surface area contributed by atoms with E-state index in [2.05, 4.69) is 31.8 Å². The fraction of sp³-hybridized carbons (Fsp3) is 0.611. The number of aromatic nitrogens is 3. The van der Waals surface area contributed by atoms with E-state index in [1.807, 2.05) is 11.8 Å². The molecule has 134 valence electrons. The molecule has 2 aliphatic heterocycles. The standard InChI is InChI=1S/C18H26N6O/c1-3-15-20-16-14(4-5-19-17(16)21-15)18(25)24-11-13(12-24)10-23-8-6-22(2)7-9-23/h4-5,13H,3,6-12H2,1-2H3,(H,19,20,21). The normalized spacial score (nSPS) is 20.2. The van der Waals surface area contributed by atoms with Gasteiger partial charge in [0.2, 0.25) is 0 Å². The number of aromatic amines is 1. The predicted octanol–water partition coefficient (Wildman–Crippen LogP) is 0.840. The zero-order chi connectivity index (χ0) is 17.4. The van der Waals surface area contributed by atoms with Crippen LogP contribution < -0.4 is 0 Å². The summed E-state index contributed by atoms with van der Waals surface area (Å²) in [7, 11) is 2.18. The number of nitrogens with zero attached hydrogens (tertiary/aromatic N) is 5. The van der Waals surface area contributed by atoms with Crippen molar-refractivity contribution < 1.29 is 4.79 Å². The summed E-state index contributed by atoms with van der Waals surface area (Å²) in [6, 6.07) is 1.80. The minimum Gasteiger partial charge on any atom is -0.340 e. The van der Waals surface area contributed by atoms with Crippen LogP contribution in [0.5, 0.6) is 0 Å². The highest BCUT2D eigenvalue weighted by Gasteiger charge is 2.33. The van der Waals surface area contributed by atoms with Gasteiger partial charge in [-0.15, -0.1) is 0 Å². The minimum absolute atomic E-state index is 0.0910. The van der Waals surface area contributed by atoms with Crippen LogP contribution in [0.15, 0.2) is 12.3 Å². The number of likely N-dealkylation sites (tertiary alicyclic amines) is 1. The third-order valence-corrected chi connectivity index (χ3v) is 5.36. The molecule has 25 heavy (non-hydrogen) atoms. The number of amides is 1. The van der Waals surface area contributed by atoms with Crippen LogP contribution in [0.2, 0.25) is 0 Å². The number of pyridine rings is 1. The van der Waals surface area contributed by atoms with Crippen molar-refractivity contribution in [2.45, 2.75) is 13.3 Å². The number of imidazole rings is 1. The van der Waals surface area contributed by atoms with Crippen molar-refractivity contribution in [2.75, 3.05) is 52.9 Å². The lowest BCUT2D eigenvalue weighted by atomic mass is 9.97. The van der Waals surface area contributed by atoms with Gasteiger partial charge in [0, 0.05) is 64.3 Å². The van der Waals surface area contributed by atoms with E-state index in [-0.39, 0.29) is 5.91 Å². The molecule has 4 rings (SSSR count). The first-order valence-corrected chi connectivity index (χ1v) is 9.17. The fourth-order valence-corrected chi connectivity index (χ4v) is 3.72. The Morgan fingerprint density at radius 3 is 2.76 bits per heavy atom. The number of fused-ring (bicyclic) bond motifs is 1. The molecular formula is C18H26N6O. The van der Waals surface area contributed by atoms with Gasteiger partial charge in [-0.3, -0.25) is 4.79 Å². The maximum atomic E-state index is 12.8. The van der Waals surface area contributed by atoms with Crippen LogP contribution in [0.1, 0.15) is 23.1 Å². The van der Waals surface area contributed by atoms with Gasteiger partial charge in [0.25, 0.3) is 5.91 Å². The molecule has 2 aromatic heterocycles. The second-order valence-corrected chi connectivity index (χ2v) is 7.27. The third-order valence-electron chi connectivity index (χ3n) is 5.36. The smallest absolute Gasteiger partial charge is 0.256 e. The molecule has 0 aromatic carbocycles. The second-order valence-electron chi connectivity index (χ2n) is 7.27. The molecule has 7 nitrogen and oxygen atoms in total. The van der Waals surface area contributed by atoms with Crippen LogP contribution in [-0.2, 0) is 6.42 Å². The van der Waals surface area contributed by atoms with Crippen molar-refractivity contribution in [3.63, 3.8) is 0 Å². The van der Waals surface area contributed by atoms with Gasteiger partial charge >= 0.3 is 0 Å². The Labute approximate surface area is 148 Å². The molecule has 1 amide bonds. The average molecular weight is 342 g/mol. The Bertz CT molecular complexity index is 758. The van der Waals surface area contributed by atoms with Gasteiger partial charge in [-0.05, 0) is 13.1 Å². The van der Waals surface area contributed by atoms with Crippen LogP contribution in [0, 0.1) is 5.92 Å². The summed E-state index contributed by atoms with van der Waals surface area (Å²) in [5, 5.41) is 0. The maximum absolute atomic E-state index is 12.8. The van der Waals surface area contributed by atoms with Gasteiger partial charge in [-0.25, -0.2) is 9.97 Å². The van der Waals surface area contributed by atoms with Crippen molar-refractivity contribution in [3.8, 4) is 0 Å². The van der Waals surface area contributed by atoms with Crippen LogP contribution in [0.4, 0.5) is 0 Å². The number of piperazine rings is 1. The first-order valence-electron chi connectivity index (χ1n) is 9.17. The minimum atomic E-state index is 0.0910. The maximum Gasteiger partial charge on any atom is 0.256 e. The van der Waals surface area contributed by atoms with E-state index in [1.165, 1.54) is 0 Å². The first kappa shape index (κ1) is 16.5. The molecule has 0 bridgehead atoms. The Kier molecular flexibility index (Phi) is 4.43. The molecule has 7 heteroatoms. The molecule has 0 unspecified atom stereocenters. The van der Waals surface area contributed by atoms with Crippen LogP contribution in [0.3, 0.4) is 0 Å². The summed E-state index contributed by atoms with van der Waals surface area (Å²) >= 11 is 0. The highest BCUT2D eigenvalue weighted by molar-refractivity contribution is 6.04. The lowest BCUT2D eigenvalue weighted by molar-refractivity contribution is 0.0360. The number of carbonyl (C=O) groups excluding carboxylic acids is 1. The number of likely N-dealkylation sites (N-methyl/N-ethyl adjacent to an activating group) is 1. The van der Waals surface area contributed by atoms with Crippen molar-refractivity contribution in [2.24, 2.45) is 5.92 Å². The predicted molar refractivity (Wildman–Crippen MR) is 96.6 cm³/mol. The summed E-state index contributed by atoms with van der Waals surface area (Å²) in [4.78, 5) is 31.6. The van der Waals surface area contributed by atoms with Gasteiger partial charge in [-0.2, -0.15) is 0 Å². The van der Waals surface area contributed by atoms with Crippen LogP contribution >= 0.6 is 0 Å². The Hall–Kier alpha value is -1.99. The molecule has 0 radical (unpaired) electrons. The van der Waals surface area contributed by atoms with E-state index in [0.717, 1.165) is 63.6 Å². The molecule has 2 aromatic rings. The Morgan fingerprint density at radius 1 is 1.28 bits per heavy atom. The summed E-state index contributed by atoms with van der Waals surface area (Å²) in [5.41, 5.74) is 2.10. The van der Waals surface area contributed by atoms with E-state index in [0.29, 0.717) is 17.1 Å². The summed E-state index contributed by atoms with van der Waals surface area (Å²) in [6.07, 6.45) is 2.48. The number of carbonyl (C=O) groups is 1. The summed E-state index contributed by atoms with van der Waals surface area (Å²) < 4.78 is 0. The van der Waals surface area contributed by atoms with Crippen molar-refractivity contribution in [3.05, 3.63) is 23.7 Å². The largest absolute Gasteiger partial charge is 0.340 e. The summed E-state index contributed by atoms with van der Waals surface area (Å²) in [6.45, 7) is 9.41. The number of nitrogens with one attached hydrogen (secondary N) is 1. The molecule has 2 aliphatic rings. The van der Waals surface area contributed by atoms with Crippen molar-refractivity contribution in [1.82, 2.24) is 29.7 Å². The van der Waals surface area contributed by atoms with E-state index >= 15 is 0 Å². The van der Waals surface area contributed by atoms with Crippen LogP contribution in [0.25, 0.3) is 11.2 Å². The Morgan fingerprint density at radius 2 is 2.04 bits per heavy atom. The first-order chi connectivity index (χ1) is 12.1. The molecule has 2 fully saturated rings. The third kappa shape index (κ3) is 3.26.